The van der Waals surface area contributed by atoms with Crippen molar-refractivity contribution in [1.82, 2.24) is 14.9 Å². The minimum absolute atomic E-state index is 0.00674. The number of rotatable bonds is 3. The predicted octanol–water partition coefficient (Wildman–Crippen LogP) is 0.775. The molecule has 1 aromatic heterocycles. The van der Waals surface area contributed by atoms with Gasteiger partial charge in [-0.15, -0.1) is 0 Å². The van der Waals surface area contributed by atoms with E-state index in [0.717, 1.165) is 32.0 Å². The molecule has 2 fully saturated rings. The van der Waals surface area contributed by atoms with Crippen LogP contribution in [0.4, 0.5) is 11.6 Å². The standard InChI is InChI=1S/C12H19N5O2/c1-3-16-8(2)14-11(17(18)19)12(16)15-6-9-4-13-5-10(9)7-15/h9-10,13H,3-7H2,1-2H3/t9-,10+. The lowest BCUT2D eigenvalue weighted by Gasteiger charge is -2.19. The monoisotopic (exact) mass is 265 g/mol. The molecule has 19 heavy (non-hydrogen) atoms. The number of fused-ring (bicyclic) bond motifs is 1. The number of nitrogens with one attached hydrogen (secondary N) is 1. The van der Waals surface area contributed by atoms with Crippen molar-refractivity contribution in [2.45, 2.75) is 20.4 Å². The molecule has 104 valence electrons. The molecule has 1 N–H and O–H groups in total. The summed E-state index contributed by atoms with van der Waals surface area (Å²) in [6.07, 6.45) is 0. The van der Waals surface area contributed by atoms with Gasteiger partial charge < -0.3 is 20.3 Å². The van der Waals surface area contributed by atoms with Crippen LogP contribution in [0.2, 0.25) is 0 Å². The van der Waals surface area contributed by atoms with Crippen molar-refractivity contribution in [3.05, 3.63) is 15.9 Å². The summed E-state index contributed by atoms with van der Waals surface area (Å²) in [5.41, 5.74) is 0. The quantitative estimate of drug-likeness (QED) is 0.645. The molecular weight excluding hydrogens is 246 g/mol. The maximum Gasteiger partial charge on any atom is 0.406 e. The van der Waals surface area contributed by atoms with Gasteiger partial charge in [-0.2, -0.15) is 0 Å². The Morgan fingerprint density at radius 2 is 2.05 bits per heavy atom. The molecule has 2 aliphatic heterocycles. The Morgan fingerprint density at radius 3 is 2.58 bits per heavy atom. The van der Waals surface area contributed by atoms with Gasteiger partial charge in [-0.3, -0.25) is 4.57 Å². The van der Waals surface area contributed by atoms with Crippen molar-refractivity contribution >= 4 is 11.6 Å². The molecule has 0 aromatic carbocycles. The van der Waals surface area contributed by atoms with Crippen LogP contribution in [-0.2, 0) is 6.54 Å². The van der Waals surface area contributed by atoms with E-state index in [1.54, 1.807) is 0 Å². The average molecular weight is 265 g/mol. The average Bonchev–Trinajstić information content (AvgIpc) is 2.99. The molecule has 0 aliphatic carbocycles. The number of aryl methyl sites for hydroxylation is 1. The van der Waals surface area contributed by atoms with Crippen molar-refractivity contribution in [2.75, 3.05) is 31.1 Å². The van der Waals surface area contributed by atoms with Gasteiger partial charge in [-0.05, 0) is 28.7 Å². The summed E-state index contributed by atoms with van der Waals surface area (Å²) in [4.78, 5) is 17.1. The number of nitro groups is 1. The van der Waals surface area contributed by atoms with Crippen LogP contribution in [0.1, 0.15) is 12.7 Å². The van der Waals surface area contributed by atoms with E-state index in [4.69, 9.17) is 0 Å². The maximum absolute atomic E-state index is 11.2. The number of aromatic nitrogens is 2. The number of hydrogen-bond donors (Lipinski definition) is 1. The van der Waals surface area contributed by atoms with E-state index in [2.05, 4.69) is 15.2 Å². The zero-order chi connectivity index (χ0) is 13.6. The minimum Gasteiger partial charge on any atom is -0.358 e. The van der Waals surface area contributed by atoms with E-state index >= 15 is 0 Å². The fourth-order valence-corrected chi connectivity index (χ4v) is 3.38. The molecule has 0 amide bonds. The highest BCUT2D eigenvalue weighted by molar-refractivity contribution is 5.57. The summed E-state index contributed by atoms with van der Waals surface area (Å²) in [5.74, 6) is 2.64. The summed E-state index contributed by atoms with van der Waals surface area (Å²) in [6.45, 7) is 8.38. The van der Waals surface area contributed by atoms with Crippen LogP contribution < -0.4 is 10.2 Å². The largest absolute Gasteiger partial charge is 0.406 e. The number of imidazole rings is 1. The van der Waals surface area contributed by atoms with Gasteiger partial charge in [-0.25, -0.2) is 0 Å². The smallest absolute Gasteiger partial charge is 0.358 e. The lowest BCUT2D eigenvalue weighted by atomic mass is 10.0. The van der Waals surface area contributed by atoms with Crippen molar-refractivity contribution < 1.29 is 4.92 Å². The van der Waals surface area contributed by atoms with Gasteiger partial charge in [0, 0.05) is 39.6 Å². The molecule has 0 spiro atoms. The first-order valence-corrected chi connectivity index (χ1v) is 6.79. The van der Waals surface area contributed by atoms with Crippen LogP contribution in [0.25, 0.3) is 0 Å². The van der Waals surface area contributed by atoms with Crippen molar-refractivity contribution in [3.8, 4) is 0 Å². The first-order valence-electron chi connectivity index (χ1n) is 6.79. The normalized spacial score (nSPS) is 25.9. The summed E-state index contributed by atoms with van der Waals surface area (Å²) in [7, 11) is 0. The summed E-state index contributed by atoms with van der Waals surface area (Å²) >= 11 is 0. The molecule has 0 radical (unpaired) electrons. The minimum atomic E-state index is -0.360. The molecule has 2 atom stereocenters. The molecule has 0 bridgehead atoms. The molecule has 7 heteroatoms. The van der Waals surface area contributed by atoms with Crippen LogP contribution in [0.5, 0.6) is 0 Å². The Kier molecular flexibility index (Phi) is 2.93. The molecule has 3 heterocycles. The van der Waals surface area contributed by atoms with E-state index in [-0.39, 0.29) is 10.7 Å². The number of anilines is 1. The zero-order valence-corrected chi connectivity index (χ0v) is 11.3. The number of nitrogens with zero attached hydrogens (tertiary/aromatic N) is 4. The predicted molar refractivity (Wildman–Crippen MR) is 71.4 cm³/mol. The van der Waals surface area contributed by atoms with Gasteiger partial charge >= 0.3 is 5.82 Å². The van der Waals surface area contributed by atoms with Crippen molar-refractivity contribution in [1.29, 1.82) is 0 Å². The topological polar surface area (TPSA) is 76.2 Å². The molecule has 1 aromatic rings. The Labute approximate surface area is 111 Å². The molecule has 2 aliphatic rings. The van der Waals surface area contributed by atoms with Gasteiger partial charge in [0.25, 0.3) is 0 Å². The van der Waals surface area contributed by atoms with Crippen LogP contribution in [0.15, 0.2) is 0 Å². The highest BCUT2D eigenvalue weighted by Gasteiger charge is 2.40. The van der Waals surface area contributed by atoms with E-state index in [9.17, 15) is 10.1 Å². The molecule has 3 rings (SSSR count). The molecule has 0 unspecified atom stereocenters. The van der Waals surface area contributed by atoms with Gasteiger partial charge in [0.1, 0.15) is 0 Å². The third-order valence-electron chi connectivity index (χ3n) is 4.29. The molecular formula is C12H19N5O2. The Morgan fingerprint density at radius 1 is 1.42 bits per heavy atom. The van der Waals surface area contributed by atoms with Gasteiger partial charge in [0.2, 0.25) is 11.6 Å². The first-order chi connectivity index (χ1) is 9.11. The summed E-state index contributed by atoms with van der Waals surface area (Å²) < 4.78 is 1.95. The second-order valence-electron chi connectivity index (χ2n) is 5.39. The van der Waals surface area contributed by atoms with E-state index in [1.165, 1.54) is 0 Å². The Bertz CT molecular complexity index is 500. The van der Waals surface area contributed by atoms with Crippen molar-refractivity contribution in [3.63, 3.8) is 0 Å². The summed E-state index contributed by atoms with van der Waals surface area (Å²) in [5, 5.41) is 14.6. The zero-order valence-electron chi connectivity index (χ0n) is 11.3. The number of hydrogen-bond acceptors (Lipinski definition) is 5. The SMILES string of the molecule is CCn1c(C)nc([N+](=O)[O-])c1N1C[C@H]2CNC[C@H]2C1. The van der Waals surface area contributed by atoms with E-state index in [0.29, 0.717) is 24.2 Å². The maximum atomic E-state index is 11.2. The van der Waals surface area contributed by atoms with E-state index in [1.807, 2.05) is 18.4 Å². The highest BCUT2D eigenvalue weighted by Crippen LogP contribution is 2.36. The lowest BCUT2D eigenvalue weighted by Crippen LogP contribution is -2.28. The fourth-order valence-electron chi connectivity index (χ4n) is 3.38. The van der Waals surface area contributed by atoms with Crippen LogP contribution >= 0.6 is 0 Å². The van der Waals surface area contributed by atoms with Crippen LogP contribution in [0.3, 0.4) is 0 Å². The first kappa shape index (κ1) is 12.4. The second-order valence-corrected chi connectivity index (χ2v) is 5.39. The Hall–Kier alpha value is -1.63. The summed E-state index contributed by atoms with van der Waals surface area (Å²) in [6, 6.07) is 0. The third-order valence-corrected chi connectivity index (χ3v) is 4.29. The molecule has 0 saturated carbocycles. The Balaban J connectivity index is 1.97. The van der Waals surface area contributed by atoms with Gasteiger partial charge in [-0.1, -0.05) is 0 Å². The van der Waals surface area contributed by atoms with Crippen LogP contribution in [-0.4, -0.2) is 40.7 Å². The van der Waals surface area contributed by atoms with E-state index < -0.39 is 0 Å². The molecule has 7 nitrogen and oxygen atoms in total. The van der Waals surface area contributed by atoms with Gasteiger partial charge in [0.15, 0.2) is 0 Å². The van der Waals surface area contributed by atoms with Crippen molar-refractivity contribution in [2.24, 2.45) is 11.8 Å². The molecule has 2 saturated heterocycles. The fraction of sp³-hybridized carbons (Fsp3) is 0.750. The third kappa shape index (κ3) is 1.88. The van der Waals surface area contributed by atoms with Gasteiger partial charge in [0.05, 0.1) is 0 Å². The second kappa shape index (κ2) is 4.48. The highest BCUT2D eigenvalue weighted by atomic mass is 16.6. The lowest BCUT2D eigenvalue weighted by molar-refractivity contribution is -0.388. The van der Waals surface area contributed by atoms with Crippen LogP contribution in [0, 0.1) is 28.9 Å².